The van der Waals surface area contributed by atoms with E-state index in [0.29, 0.717) is 72.4 Å². The molecule has 0 atom stereocenters. The van der Waals surface area contributed by atoms with Crippen LogP contribution in [0.15, 0.2) is 110 Å². The number of esters is 1. The van der Waals surface area contributed by atoms with Crippen molar-refractivity contribution in [1.29, 1.82) is 0 Å². The van der Waals surface area contributed by atoms with Gasteiger partial charge in [-0.05, 0) is 126 Å². The molecule has 0 bridgehead atoms. The monoisotopic (exact) mass is 899 g/mol. The van der Waals surface area contributed by atoms with Crippen molar-refractivity contribution in [2.45, 2.75) is 59.5 Å². The minimum Gasteiger partial charge on any atom is -0.462 e. The molecule has 0 aliphatic heterocycles. The van der Waals surface area contributed by atoms with E-state index in [-0.39, 0.29) is 17.7 Å². The van der Waals surface area contributed by atoms with Crippen molar-refractivity contribution < 1.29 is 23.8 Å². The molecule has 0 aliphatic rings. The highest BCUT2D eigenvalue weighted by Gasteiger charge is 2.26. The molecule has 0 spiro atoms. The van der Waals surface area contributed by atoms with Gasteiger partial charge in [0.2, 0.25) is 5.91 Å². The van der Waals surface area contributed by atoms with Gasteiger partial charge in [0.25, 0.3) is 0 Å². The van der Waals surface area contributed by atoms with Crippen molar-refractivity contribution in [1.82, 2.24) is 29.1 Å². The molecule has 4 aromatic carbocycles. The van der Waals surface area contributed by atoms with Gasteiger partial charge in [0.05, 0.1) is 22.9 Å². The molecule has 8 aromatic rings. The van der Waals surface area contributed by atoms with Crippen LogP contribution in [0.3, 0.4) is 0 Å². The maximum absolute atomic E-state index is 12.8. The zero-order valence-electron chi connectivity index (χ0n) is 36.3. The van der Waals surface area contributed by atoms with E-state index in [0.717, 1.165) is 27.7 Å². The molecule has 0 saturated heterocycles. The standard InChI is InChI=1S/C25H25ClN4O3.C23H22ClN5O2/c1-5-32-24(31)18-11-15(9-10-20(18)33-17-8-6-7-16(26)12-17)19-13-30(25(2,3)4)23-21(19)22(27)28-14-29-23;1-23(2,3)29-11-18(19-20(25)27-12-28-22(19)29)16-8-7-15(10-17(16)21(26)30)31-14-6-4-5-13(24)9-14/h6-14H,5H2,1-4H3,(H2,27,28,29);4-12H,1-3H3,(H2,26,30)(H2,25,27,28). The van der Waals surface area contributed by atoms with Gasteiger partial charge in [-0.25, -0.2) is 24.7 Å². The van der Waals surface area contributed by atoms with Crippen LogP contribution in [0, 0.1) is 0 Å². The fourth-order valence-corrected chi connectivity index (χ4v) is 7.48. The number of ether oxygens (including phenoxy) is 3. The molecule has 4 heterocycles. The van der Waals surface area contributed by atoms with Gasteiger partial charge < -0.3 is 40.5 Å². The number of nitrogens with two attached hydrogens (primary N) is 3. The summed E-state index contributed by atoms with van der Waals surface area (Å²) >= 11 is 12.1. The summed E-state index contributed by atoms with van der Waals surface area (Å²) in [5.74, 6) is 1.53. The predicted molar refractivity (Wildman–Crippen MR) is 252 cm³/mol. The molecular formula is C48H47Cl2N9O5. The summed E-state index contributed by atoms with van der Waals surface area (Å²) in [4.78, 5) is 42.4. The van der Waals surface area contributed by atoms with Crippen molar-refractivity contribution in [3.05, 3.63) is 131 Å². The Morgan fingerprint density at radius 1 is 0.625 bits per heavy atom. The number of primary amides is 1. The van der Waals surface area contributed by atoms with Crippen molar-refractivity contribution in [2.24, 2.45) is 5.73 Å². The Morgan fingerprint density at radius 2 is 1.16 bits per heavy atom. The van der Waals surface area contributed by atoms with Crippen LogP contribution in [-0.2, 0) is 15.8 Å². The zero-order chi connectivity index (χ0) is 46.1. The molecule has 1 amide bonds. The molecule has 0 radical (unpaired) electrons. The molecule has 16 heteroatoms. The number of aromatic nitrogens is 6. The highest BCUT2D eigenvalue weighted by molar-refractivity contribution is 6.31. The van der Waals surface area contributed by atoms with Gasteiger partial charge in [-0.3, -0.25) is 4.79 Å². The van der Waals surface area contributed by atoms with Crippen LogP contribution in [0.4, 0.5) is 11.6 Å². The highest BCUT2D eigenvalue weighted by Crippen LogP contribution is 2.40. The molecule has 64 heavy (non-hydrogen) atoms. The van der Waals surface area contributed by atoms with Gasteiger partial charge in [-0.1, -0.05) is 41.4 Å². The number of nitrogen functional groups attached to an aromatic ring is 2. The first-order valence-electron chi connectivity index (χ1n) is 20.2. The lowest BCUT2D eigenvalue weighted by Gasteiger charge is -2.21. The van der Waals surface area contributed by atoms with Crippen molar-refractivity contribution in [3.8, 4) is 45.3 Å². The zero-order valence-corrected chi connectivity index (χ0v) is 37.8. The number of carbonyl (C=O) groups excluding carboxylic acids is 2. The van der Waals surface area contributed by atoms with Gasteiger partial charge in [0, 0.05) is 44.6 Å². The van der Waals surface area contributed by atoms with Crippen LogP contribution in [0.2, 0.25) is 10.0 Å². The number of fused-ring (bicyclic) bond motifs is 2. The Balaban J connectivity index is 0.000000192. The van der Waals surface area contributed by atoms with Gasteiger partial charge in [0.1, 0.15) is 64.1 Å². The van der Waals surface area contributed by atoms with Crippen LogP contribution in [0.5, 0.6) is 23.0 Å². The lowest BCUT2D eigenvalue weighted by molar-refractivity contribution is 0.0523. The Hall–Kier alpha value is -7.16. The molecule has 14 nitrogen and oxygen atoms in total. The fourth-order valence-electron chi connectivity index (χ4n) is 7.12. The average molecular weight is 901 g/mol. The molecule has 0 saturated carbocycles. The van der Waals surface area contributed by atoms with Crippen molar-refractivity contribution >= 4 is 68.8 Å². The molecule has 8 rings (SSSR count). The minimum absolute atomic E-state index is 0.239. The van der Waals surface area contributed by atoms with Gasteiger partial charge in [0.15, 0.2) is 0 Å². The maximum Gasteiger partial charge on any atom is 0.341 e. The summed E-state index contributed by atoms with van der Waals surface area (Å²) in [6, 6.07) is 24.5. The Kier molecular flexibility index (Phi) is 12.6. The van der Waals surface area contributed by atoms with E-state index in [1.807, 2.05) is 23.0 Å². The van der Waals surface area contributed by atoms with Crippen molar-refractivity contribution in [2.75, 3.05) is 18.1 Å². The van der Waals surface area contributed by atoms with Crippen LogP contribution >= 0.6 is 23.2 Å². The van der Waals surface area contributed by atoms with Crippen molar-refractivity contribution in [3.63, 3.8) is 0 Å². The predicted octanol–water partition coefficient (Wildman–Crippen LogP) is 11.0. The molecule has 6 N–H and O–H groups in total. The first-order chi connectivity index (χ1) is 30.3. The average Bonchev–Trinajstić information content (AvgIpc) is 3.84. The second kappa shape index (κ2) is 17.9. The third-order valence-corrected chi connectivity index (χ3v) is 10.5. The van der Waals surface area contributed by atoms with E-state index in [2.05, 4.69) is 66.0 Å². The molecule has 4 aromatic heterocycles. The minimum atomic E-state index is -0.585. The van der Waals surface area contributed by atoms with E-state index in [9.17, 15) is 9.59 Å². The molecule has 0 fully saturated rings. The number of nitrogens with zero attached hydrogens (tertiary/aromatic N) is 6. The third-order valence-electron chi connectivity index (χ3n) is 10.1. The largest absolute Gasteiger partial charge is 0.462 e. The van der Waals surface area contributed by atoms with E-state index >= 15 is 0 Å². The maximum atomic E-state index is 12.8. The number of benzene rings is 4. The smallest absolute Gasteiger partial charge is 0.341 e. The summed E-state index contributed by atoms with van der Waals surface area (Å²) in [6.07, 6.45) is 6.79. The number of amides is 1. The van der Waals surface area contributed by atoms with Crippen LogP contribution in [-0.4, -0.2) is 47.6 Å². The SMILES string of the molecule is CC(C)(C)n1cc(-c2ccc(Oc3cccc(Cl)c3)cc2C(N)=O)c2c(N)ncnc21.CCOC(=O)c1cc(-c2cn(C(C)(C)C)c3ncnc(N)c23)ccc1Oc1cccc(Cl)c1. The lowest BCUT2D eigenvalue weighted by atomic mass is 9.99. The summed E-state index contributed by atoms with van der Waals surface area (Å²) in [7, 11) is 0. The highest BCUT2D eigenvalue weighted by atomic mass is 35.5. The first kappa shape index (κ1) is 44.9. The summed E-state index contributed by atoms with van der Waals surface area (Å²) in [5.41, 5.74) is 22.6. The third kappa shape index (κ3) is 9.43. The number of carbonyl (C=O) groups is 2. The van der Waals surface area contributed by atoms with E-state index in [4.69, 9.17) is 54.6 Å². The summed E-state index contributed by atoms with van der Waals surface area (Å²) in [5, 5.41) is 2.48. The Bertz CT molecular complexity index is 3060. The number of anilines is 2. The molecule has 0 unspecified atom stereocenters. The van der Waals surface area contributed by atoms with Crippen LogP contribution in [0.1, 0.15) is 69.2 Å². The fraction of sp³-hybridized carbons (Fsp3) is 0.208. The van der Waals surface area contributed by atoms with E-state index < -0.39 is 11.9 Å². The normalized spacial score (nSPS) is 11.6. The van der Waals surface area contributed by atoms with Gasteiger partial charge in [-0.2, -0.15) is 0 Å². The quantitative estimate of drug-likeness (QED) is 0.116. The number of hydrogen-bond donors (Lipinski definition) is 3. The number of halogens is 2. The molecular weight excluding hydrogens is 853 g/mol. The first-order valence-corrected chi connectivity index (χ1v) is 21.0. The second-order valence-corrected chi connectivity index (χ2v) is 17.6. The Labute approximate surface area is 379 Å². The van der Waals surface area contributed by atoms with Crippen LogP contribution < -0.4 is 26.7 Å². The summed E-state index contributed by atoms with van der Waals surface area (Å²) < 4.78 is 21.2. The molecule has 328 valence electrons. The van der Waals surface area contributed by atoms with Gasteiger partial charge >= 0.3 is 5.97 Å². The summed E-state index contributed by atoms with van der Waals surface area (Å²) in [6.45, 7) is 14.4. The molecule has 0 aliphatic carbocycles. The van der Waals surface area contributed by atoms with E-state index in [1.54, 1.807) is 85.8 Å². The number of hydrogen-bond acceptors (Lipinski definition) is 11. The topological polar surface area (TPSA) is 201 Å². The van der Waals surface area contributed by atoms with Gasteiger partial charge in [-0.15, -0.1) is 0 Å². The lowest BCUT2D eigenvalue weighted by Crippen LogP contribution is -2.21. The van der Waals surface area contributed by atoms with Crippen LogP contribution in [0.25, 0.3) is 44.3 Å². The Morgan fingerprint density at radius 3 is 1.69 bits per heavy atom. The second-order valence-electron chi connectivity index (χ2n) is 16.7. The van der Waals surface area contributed by atoms with E-state index in [1.165, 1.54) is 12.7 Å². The number of rotatable bonds is 9.